The predicted molar refractivity (Wildman–Crippen MR) is 135 cm³/mol. The zero-order valence-electron chi connectivity index (χ0n) is 20.8. The molecule has 1 aromatic rings. The quantitative estimate of drug-likeness (QED) is 0.410. The molecule has 2 fully saturated rings. The molecule has 2 aliphatic heterocycles. The number of anilines is 1. The molecule has 3 aliphatic rings. The second kappa shape index (κ2) is 12.3. The van der Waals surface area contributed by atoms with E-state index >= 15 is 0 Å². The molecule has 2 heterocycles. The van der Waals surface area contributed by atoms with Crippen LogP contribution < -0.4 is 10.4 Å². The van der Waals surface area contributed by atoms with Crippen molar-refractivity contribution in [3.05, 3.63) is 42.0 Å². The molecule has 1 aliphatic carbocycles. The molecule has 0 bridgehead atoms. The number of benzene rings is 1. The van der Waals surface area contributed by atoms with Crippen LogP contribution in [0.3, 0.4) is 0 Å². The van der Waals surface area contributed by atoms with Crippen LogP contribution >= 0.6 is 0 Å². The highest BCUT2D eigenvalue weighted by Crippen LogP contribution is 2.32. The van der Waals surface area contributed by atoms with E-state index in [2.05, 4.69) is 17.2 Å². The summed E-state index contributed by atoms with van der Waals surface area (Å²) in [5.41, 5.74) is 3.82. The molecule has 8 heteroatoms. The summed E-state index contributed by atoms with van der Waals surface area (Å²) in [6.45, 7) is 7.62. The van der Waals surface area contributed by atoms with Crippen LogP contribution in [0.5, 0.6) is 0 Å². The van der Waals surface area contributed by atoms with Gasteiger partial charge in [0.2, 0.25) is 11.8 Å². The number of unbranched alkanes of at least 4 members (excludes halogenated alkanes) is 3. The number of hydrogen-bond acceptors (Lipinski definition) is 5. The molecule has 0 aromatic heterocycles. The van der Waals surface area contributed by atoms with Gasteiger partial charge in [-0.3, -0.25) is 24.7 Å². The second-order valence-electron chi connectivity index (χ2n) is 9.66. The van der Waals surface area contributed by atoms with Gasteiger partial charge in [0.1, 0.15) is 0 Å². The third kappa shape index (κ3) is 6.30. The smallest absolute Gasteiger partial charge is 0.253 e. The average Bonchev–Trinajstić information content (AvgIpc) is 2.90. The highest BCUT2D eigenvalue weighted by Gasteiger charge is 2.42. The maximum Gasteiger partial charge on any atom is 0.253 e. The Bertz CT molecular complexity index is 928. The first-order valence-corrected chi connectivity index (χ1v) is 13.1. The van der Waals surface area contributed by atoms with Crippen molar-refractivity contribution in [1.29, 1.82) is 0 Å². The van der Waals surface area contributed by atoms with Crippen LogP contribution in [0, 0.1) is 11.8 Å². The van der Waals surface area contributed by atoms with Gasteiger partial charge in [-0.15, -0.1) is 0 Å². The van der Waals surface area contributed by atoms with E-state index in [1.165, 1.54) is 5.01 Å². The Morgan fingerprint density at radius 2 is 1.83 bits per heavy atom. The van der Waals surface area contributed by atoms with E-state index in [9.17, 15) is 14.4 Å². The van der Waals surface area contributed by atoms with Crippen molar-refractivity contribution >= 4 is 23.4 Å². The molecular formula is C27H38N4O4. The topological polar surface area (TPSA) is 82.2 Å². The zero-order chi connectivity index (χ0) is 24.6. The number of rotatable bonds is 10. The first kappa shape index (κ1) is 25.4. The van der Waals surface area contributed by atoms with Gasteiger partial charge in [0.05, 0.1) is 30.7 Å². The van der Waals surface area contributed by atoms with Gasteiger partial charge in [-0.1, -0.05) is 44.4 Å². The van der Waals surface area contributed by atoms with Crippen molar-refractivity contribution in [2.24, 2.45) is 11.8 Å². The SMILES string of the molecule is CCCCCCN(CCN1CCOCC1)C(=O)c1cccc(N2NC(=O)C3CC=CCC3C2=O)c1. The molecule has 3 amide bonds. The van der Waals surface area contributed by atoms with Crippen LogP contribution in [0.25, 0.3) is 0 Å². The molecule has 1 aromatic carbocycles. The standard InChI is InChI=1S/C27H38N4O4/c1-2-3-4-7-13-30(15-14-29-16-18-35-19-17-29)26(33)21-9-8-10-22(20-21)31-27(34)24-12-6-5-11-23(24)25(32)28-31/h5-6,8-10,20,23-24H,2-4,7,11-19H2,1H3,(H,28,32). The van der Waals surface area contributed by atoms with E-state index in [1.54, 1.807) is 24.3 Å². The molecule has 0 spiro atoms. The van der Waals surface area contributed by atoms with Crippen LogP contribution in [-0.2, 0) is 14.3 Å². The molecule has 0 radical (unpaired) electrons. The van der Waals surface area contributed by atoms with E-state index in [1.807, 2.05) is 17.1 Å². The Morgan fingerprint density at radius 3 is 2.60 bits per heavy atom. The number of morpholine rings is 1. The predicted octanol–water partition coefficient (Wildman–Crippen LogP) is 3.00. The molecule has 0 saturated carbocycles. The molecule has 2 unspecified atom stereocenters. The van der Waals surface area contributed by atoms with Crippen molar-refractivity contribution in [2.75, 3.05) is 50.9 Å². The fourth-order valence-electron chi connectivity index (χ4n) is 5.07. The summed E-state index contributed by atoms with van der Waals surface area (Å²) in [5.74, 6) is -0.957. The molecule has 2 saturated heterocycles. The van der Waals surface area contributed by atoms with E-state index in [4.69, 9.17) is 4.74 Å². The van der Waals surface area contributed by atoms with E-state index in [0.717, 1.165) is 58.5 Å². The average molecular weight is 483 g/mol. The Hall–Kier alpha value is -2.71. The first-order valence-electron chi connectivity index (χ1n) is 13.1. The Labute approximate surface area is 208 Å². The fraction of sp³-hybridized carbons (Fsp3) is 0.593. The number of amides is 3. The zero-order valence-corrected chi connectivity index (χ0v) is 20.8. The maximum absolute atomic E-state index is 13.6. The third-order valence-electron chi connectivity index (χ3n) is 7.24. The van der Waals surface area contributed by atoms with Crippen molar-refractivity contribution in [3.8, 4) is 0 Å². The van der Waals surface area contributed by atoms with Crippen LogP contribution in [0.4, 0.5) is 5.69 Å². The van der Waals surface area contributed by atoms with E-state index < -0.39 is 0 Å². The Morgan fingerprint density at radius 1 is 1.06 bits per heavy atom. The van der Waals surface area contributed by atoms with Gasteiger partial charge >= 0.3 is 0 Å². The number of hydrazine groups is 1. The third-order valence-corrected chi connectivity index (χ3v) is 7.24. The lowest BCUT2D eigenvalue weighted by Gasteiger charge is -2.38. The summed E-state index contributed by atoms with van der Waals surface area (Å²) in [4.78, 5) is 43.7. The van der Waals surface area contributed by atoms with Crippen molar-refractivity contribution in [3.63, 3.8) is 0 Å². The van der Waals surface area contributed by atoms with Gasteiger partial charge in [0.15, 0.2) is 0 Å². The lowest BCUT2D eigenvalue weighted by atomic mass is 9.80. The summed E-state index contributed by atoms with van der Waals surface area (Å²) < 4.78 is 5.45. The second-order valence-corrected chi connectivity index (χ2v) is 9.66. The van der Waals surface area contributed by atoms with E-state index in [0.29, 0.717) is 37.2 Å². The Kier molecular flexibility index (Phi) is 8.93. The number of carbonyl (C=O) groups excluding carboxylic acids is 3. The van der Waals surface area contributed by atoms with Crippen LogP contribution in [-0.4, -0.2) is 73.5 Å². The summed E-state index contributed by atoms with van der Waals surface area (Å²) in [7, 11) is 0. The number of hydrogen-bond donors (Lipinski definition) is 1. The summed E-state index contributed by atoms with van der Waals surface area (Å²) in [5, 5.41) is 1.33. The van der Waals surface area contributed by atoms with Crippen LogP contribution in [0.2, 0.25) is 0 Å². The minimum absolute atomic E-state index is 0.0362. The highest BCUT2D eigenvalue weighted by atomic mass is 16.5. The highest BCUT2D eigenvalue weighted by molar-refractivity contribution is 6.05. The number of ether oxygens (including phenoxy) is 1. The fourth-order valence-corrected chi connectivity index (χ4v) is 5.07. The molecular weight excluding hydrogens is 444 g/mol. The normalized spacial score (nSPS) is 22.6. The maximum atomic E-state index is 13.6. The van der Waals surface area contributed by atoms with Crippen molar-refractivity contribution in [1.82, 2.24) is 15.2 Å². The van der Waals surface area contributed by atoms with Gasteiger partial charge in [-0.05, 0) is 37.5 Å². The molecule has 2 atom stereocenters. The number of allylic oxidation sites excluding steroid dienone is 2. The van der Waals surface area contributed by atoms with Gasteiger partial charge in [0.25, 0.3) is 5.91 Å². The minimum Gasteiger partial charge on any atom is -0.379 e. The lowest BCUT2D eigenvalue weighted by molar-refractivity contribution is -0.139. The first-order chi connectivity index (χ1) is 17.1. The molecule has 35 heavy (non-hydrogen) atoms. The Balaban J connectivity index is 1.47. The largest absolute Gasteiger partial charge is 0.379 e. The van der Waals surface area contributed by atoms with Gasteiger partial charge in [-0.2, -0.15) is 0 Å². The molecule has 1 N–H and O–H groups in total. The van der Waals surface area contributed by atoms with E-state index in [-0.39, 0.29) is 29.6 Å². The molecule has 190 valence electrons. The summed E-state index contributed by atoms with van der Waals surface area (Å²) in [6, 6.07) is 7.08. The van der Waals surface area contributed by atoms with Gasteiger partial charge in [0, 0.05) is 38.3 Å². The summed E-state index contributed by atoms with van der Waals surface area (Å²) in [6.07, 6.45) is 9.48. The number of carbonyl (C=O) groups is 3. The number of fused-ring (bicyclic) bond motifs is 1. The number of nitrogens with one attached hydrogen (secondary N) is 1. The summed E-state index contributed by atoms with van der Waals surface area (Å²) >= 11 is 0. The molecule has 8 nitrogen and oxygen atoms in total. The van der Waals surface area contributed by atoms with Gasteiger partial charge in [-0.25, -0.2) is 5.01 Å². The van der Waals surface area contributed by atoms with Crippen molar-refractivity contribution in [2.45, 2.75) is 45.4 Å². The molecule has 4 rings (SSSR count). The number of nitrogens with zero attached hydrogens (tertiary/aromatic N) is 3. The monoisotopic (exact) mass is 482 g/mol. The van der Waals surface area contributed by atoms with Gasteiger partial charge < -0.3 is 9.64 Å². The van der Waals surface area contributed by atoms with Crippen molar-refractivity contribution < 1.29 is 19.1 Å². The minimum atomic E-state index is -0.350. The van der Waals surface area contributed by atoms with Crippen LogP contribution in [0.15, 0.2) is 36.4 Å². The lowest BCUT2D eigenvalue weighted by Crippen LogP contribution is -2.59. The van der Waals surface area contributed by atoms with Crippen LogP contribution in [0.1, 0.15) is 55.8 Å².